The van der Waals surface area contributed by atoms with Crippen LogP contribution in [0.1, 0.15) is 18.9 Å². The highest BCUT2D eigenvalue weighted by Crippen LogP contribution is 2.12. The van der Waals surface area contributed by atoms with Crippen LogP contribution < -0.4 is 10.1 Å². The summed E-state index contributed by atoms with van der Waals surface area (Å²) in [5.41, 5.74) is 1.27. The molecule has 0 bridgehead atoms. The standard InChI is InChI=1S/C13H21NOS/c1-11(16-3)7-8-14-10-12-5-4-6-13(9-12)15-2/h4-6,9,11,14H,7-8,10H2,1-3H3. The lowest BCUT2D eigenvalue weighted by Gasteiger charge is -2.09. The Bertz CT molecular complexity index is 304. The van der Waals surface area contributed by atoms with E-state index < -0.39 is 0 Å². The largest absolute Gasteiger partial charge is 0.497 e. The van der Waals surface area contributed by atoms with Crippen molar-refractivity contribution in [1.82, 2.24) is 5.32 Å². The van der Waals surface area contributed by atoms with Gasteiger partial charge in [-0.05, 0) is 36.9 Å². The van der Waals surface area contributed by atoms with Gasteiger partial charge in [0.25, 0.3) is 0 Å². The molecule has 0 radical (unpaired) electrons. The van der Waals surface area contributed by atoms with Crippen molar-refractivity contribution in [2.45, 2.75) is 25.1 Å². The van der Waals surface area contributed by atoms with E-state index in [2.05, 4.69) is 30.6 Å². The summed E-state index contributed by atoms with van der Waals surface area (Å²) in [4.78, 5) is 0. The lowest BCUT2D eigenvalue weighted by molar-refractivity contribution is 0.414. The van der Waals surface area contributed by atoms with E-state index in [0.717, 1.165) is 24.1 Å². The molecule has 3 heteroatoms. The van der Waals surface area contributed by atoms with Gasteiger partial charge >= 0.3 is 0 Å². The van der Waals surface area contributed by atoms with E-state index in [9.17, 15) is 0 Å². The van der Waals surface area contributed by atoms with Crippen molar-refractivity contribution in [2.75, 3.05) is 19.9 Å². The second-order valence-electron chi connectivity index (χ2n) is 3.86. The summed E-state index contributed by atoms with van der Waals surface area (Å²) in [6.45, 7) is 4.25. The molecule has 0 heterocycles. The number of hydrogen-bond acceptors (Lipinski definition) is 3. The van der Waals surface area contributed by atoms with Gasteiger partial charge in [0.05, 0.1) is 7.11 Å². The van der Waals surface area contributed by atoms with Crippen molar-refractivity contribution in [2.24, 2.45) is 0 Å². The van der Waals surface area contributed by atoms with Gasteiger partial charge in [-0.2, -0.15) is 11.8 Å². The van der Waals surface area contributed by atoms with Crippen LogP contribution in [-0.4, -0.2) is 25.2 Å². The zero-order valence-electron chi connectivity index (χ0n) is 10.3. The Labute approximate surface area is 103 Å². The van der Waals surface area contributed by atoms with Gasteiger partial charge in [0.15, 0.2) is 0 Å². The lowest BCUT2D eigenvalue weighted by Crippen LogP contribution is -2.17. The van der Waals surface area contributed by atoms with E-state index in [1.807, 2.05) is 23.9 Å². The second-order valence-corrected chi connectivity index (χ2v) is 5.14. The zero-order valence-corrected chi connectivity index (χ0v) is 11.1. The number of methoxy groups -OCH3 is 1. The molecule has 0 aromatic heterocycles. The quantitative estimate of drug-likeness (QED) is 0.739. The summed E-state index contributed by atoms with van der Waals surface area (Å²) in [5, 5.41) is 4.18. The molecule has 0 saturated heterocycles. The molecule has 0 fully saturated rings. The summed E-state index contributed by atoms with van der Waals surface area (Å²) in [5.74, 6) is 0.928. The molecule has 0 spiro atoms. The maximum absolute atomic E-state index is 5.19. The van der Waals surface area contributed by atoms with Crippen molar-refractivity contribution in [3.8, 4) is 5.75 Å². The van der Waals surface area contributed by atoms with Crippen molar-refractivity contribution in [3.05, 3.63) is 29.8 Å². The van der Waals surface area contributed by atoms with Crippen LogP contribution in [0, 0.1) is 0 Å². The molecule has 0 saturated carbocycles. The Morgan fingerprint density at radius 2 is 2.25 bits per heavy atom. The van der Waals surface area contributed by atoms with E-state index in [1.165, 1.54) is 12.0 Å². The minimum Gasteiger partial charge on any atom is -0.497 e. The summed E-state index contributed by atoms with van der Waals surface area (Å²) in [7, 11) is 1.70. The Balaban J connectivity index is 2.26. The highest BCUT2D eigenvalue weighted by molar-refractivity contribution is 7.99. The van der Waals surface area contributed by atoms with Gasteiger partial charge in [-0.1, -0.05) is 19.1 Å². The van der Waals surface area contributed by atoms with Gasteiger partial charge in [0.1, 0.15) is 5.75 Å². The summed E-state index contributed by atoms with van der Waals surface area (Å²) in [6, 6.07) is 8.19. The number of ether oxygens (including phenoxy) is 1. The first-order valence-electron chi connectivity index (χ1n) is 5.62. The molecule has 2 nitrogen and oxygen atoms in total. The monoisotopic (exact) mass is 239 g/mol. The molecule has 1 aromatic carbocycles. The fraction of sp³-hybridized carbons (Fsp3) is 0.538. The Kier molecular flexibility index (Phi) is 6.34. The maximum Gasteiger partial charge on any atom is 0.119 e. The molecule has 0 aliphatic carbocycles. The van der Waals surface area contributed by atoms with Crippen molar-refractivity contribution in [1.29, 1.82) is 0 Å². The fourth-order valence-corrected chi connectivity index (χ4v) is 1.79. The van der Waals surface area contributed by atoms with Crippen LogP contribution in [0.5, 0.6) is 5.75 Å². The van der Waals surface area contributed by atoms with Crippen LogP contribution in [0.4, 0.5) is 0 Å². The second kappa shape index (κ2) is 7.58. The van der Waals surface area contributed by atoms with E-state index in [-0.39, 0.29) is 0 Å². The Hall–Kier alpha value is -0.670. The van der Waals surface area contributed by atoms with E-state index >= 15 is 0 Å². The molecule has 1 unspecified atom stereocenters. The molecule has 0 aliphatic rings. The predicted octanol–water partition coefficient (Wildman–Crippen LogP) is 2.93. The number of benzene rings is 1. The smallest absolute Gasteiger partial charge is 0.119 e. The van der Waals surface area contributed by atoms with E-state index in [0.29, 0.717) is 0 Å². The lowest BCUT2D eigenvalue weighted by atomic mass is 10.2. The average molecular weight is 239 g/mol. The number of hydrogen-bond donors (Lipinski definition) is 1. The first kappa shape index (κ1) is 13.4. The van der Waals surface area contributed by atoms with Crippen LogP contribution in [0.25, 0.3) is 0 Å². The third-order valence-electron chi connectivity index (χ3n) is 2.59. The fourth-order valence-electron chi connectivity index (χ4n) is 1.44. The molecular formula is C13H21NOS. The number of rotatable bonds is 7. The van der Waals surface area contributed by atoms with Crippen LogP contribution >= 0.6 is 11.8 Å². The third kappa shape index (κ3) is 4.90. The van der Waals surface area contributed by atoms with Gasteiger partial charge in [0.2, 0.25) is 0 Å². The van der Waals surface area contributed by atoms with Crippen LogP contribution in [-0.2, 0) is 6.54 Å². The Morgan fingerprint density at radius 3 is 2.94 bits per heavy atom. The van der Waals surface area contributed by atoms with Gasteiger partial charge in [-0.25, -0.2) is 0 Å². The van der Waals surface area contributed by atoms with Crippen LogP contribution in [0.2, 0.25) is 0 Å². The molecule has 0 aliphatic heterocycles. The van der Waals surface area contributed by atoms with Gasteiger partial charge in [-0.3, -0.25) is 0 Å². The van der Waals surface area contributed by atoms with Crippen LogP contribution in [0.15, 0.2) is 24.3 Å². The topological polar surface area (TPSA) is 21.3 Å². The Morgan fingerprint density at radius 1 is 1.44 bits per heavy atom. The molecule has 1 aromatic rings. The highest BCUT2D eigenvalue weighted by Gasteiger charge is 1.99. The van der Waals surface area contributed by atoms with E-state index in [1.54, 1.807) is 7.11 Å². The third-order valence-corrected chi connectivity index (χ3v) is 3.63. The number of thioether (sulfide) groups is 1. The summed E-state index contributed by atoms with van der Waals surface area (Å²) < 4.78 is 5.19. The minimum absolute atomic E-state index is 0.734. The first-order chi connectivity index (χ1) is 7.76. The minimum atomic E-state index is 0.734. The van der Waals surface area contributed by atoms with Gasteiger partial charge < -0.3 is 10.1 Å². The maximum atomic E-state index is 5.19. The summed E-state index contributed by atoms with van der Waals surface area (Å²) in [6.07, 6.45) is 3.37. The molecule has 90 valence electrons. The molecule has 0 amide bonds. The average Bonchev–Trinajstić information content (AvgIpc) is 2.34. The zero-order chi connectivity index (χ0) is 11.8. The predicted molar refractivity (Wildman–Crippen MR) is 72.3 cm³/mol. The van der Waals surface area contributed by atoms with Crippen molar-refractivity contribution in [3.63, 3.8) is 0 Å². The molecule has 1 atom stereocenters. The van der Waals surface area contributed by atoms with Crippen molar-refractivity contribution >= 4 is 11.8 Å². The van der Waals surface area contributed by atoms with Gasteiger partial charge in [0, 0.05) is 11.8 Å². The number of nitrogens with one attached hydrogen (secondary N) is 1. The molecule has 1 rings (SSSR count). The summed E-state index contributed by atoms with van der Waals surface area (Å²) >= 11 is 1.92. The SMILES string of the molecule is COc1cccc(CNCCC(C)SC)c1. The van der Waals surface area contributed by atoms with E-state index in [4.69, 9.17) is 4.74 Å². The molecular weight excluding hydrogens is 218 g/mol. The van der Waals surface area contributed by atoms with Crippen LogP contribution in [0.3, 0.4) is 0 Å². The van der Waals surface area contributed by atoms with Gasteiger partial charge in [-0.15, -0.1) is 0 Å². The molecule has 16 heavy (non-hydrogen) atoms. The molecule has 1 N–H and O–H groups in total. The van der Waals surface area contributed by atoms with Crippen molar-refractivity contribution < 1.29 is 4.74 Å². The highest BCUT2D eigenvalue weighted by atomic mass is 32.2. The first-order valence-corrected chi connectivity index (χ1v) is 6.91. The normalized spacial score (nSPS) is 12.4.